The lowest BCUT2D eigenvalue weighted by Crippen LogP contribution is -2.27. The first-order valence-electron chi connectivity index (χ1n) is 10.5. The van der Waals surface area contributed by atoms with Crippen LogP contribution in [0, 0.1) is 17.2 Å². The summed E-state index contributed by atoms with van der Waals surface area (Å²) in [5, 5.41) is 19.7. The van der Waals surface area contributed by atoms with Crippen molar-refractivity contribution in [3.63, 3.8) is 0 Å². The van der Waals surface area contributed by atoms with E-state index >= 15 is 0 Å². The van der Waals surface area contributed by atoms with Crippen LogP contribution in [0.25, 0.3) is 6.08 Å². The fraction of sp³-hybridized carbons (Fsp3) is 0.250. The van der Waals surface area contributed by atoms with Crippen molar-refractivity contribution in [1.82, 2.24) is 10.3 Å². The summed E-state index contributed by atoms with van der Waals surface area (Å²) >= 11 is 3.00. The van der Waals surface area contributed by atoms with E-state index in [0.29, 0.717) is 30.1 Å². The number of anilines is 1. The van der Waals surface area contributed by atoms with Crippen LogP contribution in [0.15, 0.2) is 47.4 Å². The van der Waals surface area contributed by atoms with Gasteiger partial charge in [-0.2, -0.15) is 16.6 Å². The Balaban J connectivity index is 1.31. The van der Waals surface area contributed by atoms with Crippen LogP contribution in [0.4, 0.5) is 9.80 Å². The summed E-state index contributed by atoms with van der Waals surface area (Å²) in [6.45, 7) is 0.697. The molecular weight excluding hydrogens is 456 g/mol. The van der Waals surface area contributed by atoms with E-state index in [4.69, 9.17) is 4.74 Å². The van der Waals surface area contributed by atoms with Crippen LogP contribution in [-0.4, -0.2) is 23.6 Å². The Bertz CT molecular complexity index is 1180. The summed E-state index contributed by atoms with van der Waals surface area (Å²) in [6, 6.07) is 7.85. The molecule has 3 aromatic rings. The molecule has 0 radical (unpaired) electrons. The van der Waals surface area contributed by atoms with Gasteiger partial charge in [-0.05, 0) is 76.9 Å². The topological polar surface area (TPSA) is 104 Å². The van der Waals surface area contributed by atoms with Crippen LogP contribution in [0.5, 0.6) is 0 Å². The average Bonchev–Trinajstić information content (AvgIpc) is 3.47. The number of ether oxygens (including phenoxy) is 1. The molecule has 0 aromatic carbocycles. The quantitative estimate of drug-likeness (QED) is 0.477. The number of thiophene rings is 2. The highest BCUT2D eigenvalue weighted by Crippen LogP contribution is 2.39. The van der Waals surface area contributed by atoms with Crippen LogP contribution >= 0.6 is 22.7 Å². The molecule has 1 aliphatic carbocycles. The molecule has 1 atom stereocenters. The maximum Gasteiger partial charge on any atom is 0.407 e. The second-order valence-electron chi connectivity index (χ2n) is 7.62. The number of carbonyl (C=O) groups excluding carboxylic acids is 2. The largest absolute Gasteiger partial charge is 0.449 e. The maximum absolute atomic E-state index is 12.3. The van der Waals surface area contributed by atoms with Gasteiger partial charge in [-0.25, -0.2) is 4.79 Å². The van der Waals surface area contributed by atoms with E-state index in [2.05, 4.69) is 21.7 Å². The molecule has 1 aliphatic rings. The number of amides is 2. The Morgan fingerprint density at radius 2 is 2.15 bits per heavy atom. The first-order chi connectivity index (χ1) is 16.1. The van der Waals surface area contributed by atoms with Crippen molar-refractivity contribution in [2.75, 3.05) is 11.9 Å². The highest BCUT2D eigenvalue weighted by Gasteiger charge is 2.27. The van der Waals surface area contributed by atoms with E-state index in [0.717, 1.165) is 34.4 Å². The molecule has 9 heteroatoms. The Kier molecular flexibility index (Phi) is 7.50. The van der Waals surface area contributed by atoms with Gasteiger partial charge in [0.25, 0.3) is 0 Å². The highest BCUT2D eigenvalue weighted by atomic mass is 32.1. The van der Waals surface area contributed by atoms with Gasteiger partial charge in [0, 0.05) is 29.9 Å². The predicted molar refractivity (Wildman–Crippen MR) is 129 cm³/mol. The number of alkyl carbamates (subject to hydrolysis) is 1. The van der Waals surface area contributed by atoms with Gasteiger partial charge in [0.2, 0.25) is 5.91 Å². The third-order valence-electron chi connectivity index (χ3n) is 5.32. The van der Waals surface area contributed by atoms with Gasteiger partial charge in [-0.15, -0.1) is 11.3 Å². The Morgan fingerprint density at radius 1 is 1.30 bits per heavy atom. The fourth-order valence-electron chi connectivity index (χ4n) is 3.62. The van der Waals surface area contributed by atoms with E-state index < -0.39 is 6.09 Å². The summed E-state index contributed by atoms with van der Waals surface area (Å²) in [4.78, 5) is 29.4. The van der Waals surface area contributed by atoms with Gasteiger partial charge in [0.15, 0.2) is 0 Å². The lowest BCUT2D eigenvalue weighted by molar-refractivity contribution is -0.111. The minimum absolute atomic E-state index is 0.177. The van der Waals surface area contributed by atoms with Gasteiger partial charge in [0.1, 0.15) is 11.1 Å². The minimum Gasteiger partial charge on any atom is -0.449 e. The summed E-state index contributed by atoms with van der Waals surface area (Å²) in [5.41, 5.74) is 3.46. The van der Waals surface area contributed by atoms with Crippen LogP contribution in [0.1, 0.15) is 33.6 Å². The summed E-state index contributed by atoms with van der Waals surface area (Å²) in [7, 11) is 0. The first-order valence-corrected chi connectivity index (χ1v) is 12.2. The molecule has 7 nitrogen and oxygen atoms in total. The number of hydrogen-bond donors (Lipinski definition) is 2. The van der Waals surface area contributed by atoms with Crippen molar-refractivity contribution in [1.29, 1.82) is 5.26 Å². The normalized spacial score (nSPS) is 14.9. The first kappa shape index (κ1) is 22.7. The van der Waals surface area contributed by atoms with Crippen molar-refractivity contribution >= 4 is 45.8 Å². The van der Waals surface area contributed by atoms with E-state index in [1.54, 1.807) is 29.8 Å². The predicted octanol–water partition coefficient (Wildman–Crippen LogP) is 4.76. The lowest BCUT2D eigenvalue weighted by Gasteiger charge is -2.21. The fourth-order valence-corrected chi connectivity index (χ4v) is 5.56. The van der Waals surface area contributed by atoms with E-state index in [9.17, 15) is 14.9 Å². The molecule has 2 N–H and O–H groups in total. The molecule has 0 saturated heterocycles. The number of nitrogens with zero attached hydrogens (tertiary/aromatic N) is 2. The zero-order valence-electron chi connectivity index (χ0n) is 17.7. The standard InChI is InChI=1S/C24H22N4O3S2/c25-12-20-19-3-1-18(14-31-24(30)27-13-16-5-8-26-9-6-16)11-21(19)33-23(20)28-22(29)4-2-17-7-10-32-15-17/h2,4-10,15,18H,1,3,11,13-14H2,(H,27,30)(H,28,29)/b4-2+. The Morgan fingerprint density at radius 3 is 2.91 bits per heavy atom. The third kappa shape index (κ3) is 6.06. The van der Waals surface area contributed by atoms with Gasteiger partial charge >= 0.3 is 6.09 Å². The van der Waals surface area contributed by atoms with E-state index in [1.165, 1.54) is 17.4 Å². The van der Waals surface area contributed by atoms with E-state index in [1.807, 2.05) is 29.0 Å². The summed E-state index contributed by atoms with van der Waals surface area (Å²) in [6.07, 6.45) is 8.38. The molecule has 3 aromatic heterocycles. The molecule has 0 bridgehead atoms. The highest BCUT2D eigenvalue weighted by molar-refractivity contribution is 7.16. The monoisotopic (exact) mass is 478 g/mol. The molecule has 0 fully saturated rings. The molecular formula is C24H22N4O3S2. The van der Waals surface area contributed by atoms with Gasteiger partial charge in [0.05, 0.1) is 12.2 Å². The summed E-state index contributed by atoms with van der Waals surface area (Å²) in [5.74, 6) is -0.0848. The van der Waals surface area contributed by atoms with Gasteiger partial charge < -0.3 is 15.4 Å². The number of hydrogen-bond acceptors (Lipinski definition) is 7. The zero-order valence-corrected chi connectivity index (χ0v) is 19.4. The molecule has 168 valence electrons. The van der Waals surface area contributed by atoms with Crippen molar-refractivity contribution in [3.8, 4) is 6.07 Å². The maximum atomic E-state index is 12.3. The van der Waals surface area contributed by atoms with Crippen molar-refractivity contribution < 1.29 is 14.3 Å². The molecule has 4 rings (SSSR count). The summed E-state index contributed by atoms with van der Waals surface area (Å²) < 4.78 is 5.41. The molecule has 33 heavy (non-hydrogen) atoms. The number of pyridine rings is 1. The smallest absolute Gasteiger partial charge is 0.407 e. The molecule has 0 aliphatic heterocycles. The SMILES string of the molecule is N#Cc1c(NC(=O)/C=C/c2ccsc2)sc2c1CCC(COC(=O)NCc1ccncc1)C2. The number of aromatic nitrogens is 1. The van der Waals surface area contributed by atoms with Crippen molar-refractivity contribution in [3.05, 3.63) is 74.6 Å². The van der Waals surface area contributed by atoms with Crippen LogP contribution in [0.2, 0.25) is 0 Å². The molecule has 3 heterocycles. The van der Waals surface area contributed by atoms with Crippen molar-refractivity contribution in [2.24, 2.45) is 5.92 Å². The van der Waals surface area contributed by atoms with Crippen LogP contribution in [0.3, 0.4) is 0 Å². The second-order valence-corrected chi connectivity index (χ2v) is 9.50. The lowest BCUT2D eigenvalue weighted by atomic mass is 9.88. The van der Waals surface area contributed by atoms with Gasteiger partial charge in [-0.1, -0.05) is 0 Å². The second kappa shape index (κ2) is 10.9. The number of carbonyl (C=O) groups is 2. The third-order valence-corrected chi connectivity index (χ3v) is 7.19. The minimum atomic E-state index is -0.452. The van der Waals surface area contributed by atoms with E-state index in [-0.39, 0.29) is 11.8 Å². The average molecular weight is 479 g/mol. The Hall–Kier alpha value is -3.48. The van der Waals surface area contributed by atoms with Crippen LogP contribution < -0.4 is 10.6 Å². The molecule has 2 amide bonds. The number of nitriles is 1. The van der Waals surface area contributed by atoms with Crippen LogP contribution in [-0.2, 0) is 28.9 Å². The number of rotatable bonds is 7. The Labute approximate surface area is 199 Å². The molecule has 1 unspecified atom stereocenters. The molecule has 0 spiro atoms. The number of nitrogens with one attached hydrogen (secondary N) is 2. The van der Waals surface area contributed by atoms with Gasteiger partial charge in [-0.3, -0.25) is 9.78 Å². The van der Waals surface area contributed by atoms with Crippen molar-refractivity contribution in [2.45, 2.75) is 25.8 Å². The zero-order chi connectivity index (χ0) is 23.0. The molecule has 0 saturated carbocycles. The number of fused-ring (bicyclic) bond motifs is 1.